The Kier molecular flexibility index (Phi) is 6.27. The van der Waals surface area contributed by atoms with Crippen LogP contribution in [0, 0.1) is 6.92 Å². The molecular weight excluding hydrogens is 400 g/mol. The van der Waals surface area contributed by atoms with E-state index in [2.05, 4.69) is 0 Å². The summed E-state index contributed by atoms with van der Waals surface area (Å²) >= 11 is 5.83. The van der Waals surface area contributed by atoms with E-state index in [1.54, 1.807) is 24.0 Å². The molecule has 2 aromatic rings. The van der Waals surface area contributed by atoms with Gasteiger partial charge in [0.2, 0.25) is 10.0 Å². The molecule has 1 aliphatic heterocycles. The molecule has 1 fully saturated rings. The minimum atomic E-state index is -3.60. The monoisotopic (exact) mass is 422 g/mol. The van der Waals surface area contributed by atoms with Crippen LogP contribution in [0.5, 0.6) is 5.75 Å². The highest BCUT2D eigenvalue weighted by Gasteiger charge is 2.32. The van der Waals surface area contributed by atoms with Crippen molar-refractivity contribution in [2.24, 2.45) is 0 Å². The summed E-state index contributed by atoms with van der Waals surface area (Å²) in [6.07, 6.45) is -0.638. The van der Waals surface area contributed by atoms with Gasteiger partial charge in [-0.1, -0.05) is 23.7 Å². The molecule has 0 spiro atoms. The predicted molar refractivity (Wildman–Crippen MR) is 108 cm³/mol. The van der Waals surface area contributed by atoms with Gasteiger partial charge in [0.1, 0.15) is 5.75 Å². The van der Waals surface area contributed by atoms with Crippen LogP contribution >= 0.6 is 11.6 Å². The van der Waals surface area contributed by atoms with Gasteiger partial charge < -0.3 is 9.64 Å². The number of hydrogen-bond donors (Lipinski definition) is 0. The van der Waals surface area contributed by atoms with Crippen LogP contribution in [-0.2, 0) is 14.8 Å². The molecule has 0 N–H and O–H groups in total. The number of carbonyl (C=O) groups is 1. The smallest absolute Gasteiger partial charge is 0.263 e. The van der Waals surface area contributed by atoms with Gasteiger partial charge in [0.15, 0.2) is 6.10 Å². The number of hydrogen-bond acceptors (Lipinski definition) is 4. The molecule has 1 aliphatic rings. The van der Waals surface area contributed by atoms with Crippen LogP contribution in [0.15, 0.2) is 53.4 Å². The molecule has 1 saturated heterocycles. The Bertz CT molecular complexity index is 939. The largest absolute Gasteiger partial charge is 0.481 e. The molecule has 2 aromatic carbocycles. The lowest BCUT2D eigenvalue weighted by Gasteiger charge is -2.35. The highest BCUT2D eigenvalue weighted by atomic mass is 35.5. The van der Waals surface area contributed by atoms with Gasteiger partial charge in [0.25, 0.3) is 5.91 Å². The van der Waals surface area contributed by atoms with Gasteiger partial charge in [-0.3, -0.25) is 4.79 Å². The van der Waals surface area contributed by atoms with Gasteiger partial charge >= 0.3 is 0 Å². The molecule has 0 unspecified atom stereocenters. The summed E-state index contributed by atoms with van der Waals surface area (Å²) in [5, 5.41) is 0.483. The van der Waals surface area contributed by atoms with Gasteiger partial charge in [-0.15, -0.1) is 0 Å². The van der Waals surface area contributed by atoms with E-state index in [0.717, 1.165) is 5.56 Å². The van der Waals surface area contributed by atoms with E-state index in [-0.39, 0.29) is 23.9 Å². The number of aryl methyl sites for hydroxylation is 1. The lowest BCUT2D eigenvalue weighted by Crippen LogP contribution is -2.53. The Morgan fingerprint density at radius 3 is 2.32 bits per heavy atom. The van der Waals surface area contributed by atoms with Crippen LogP contribution < -0.4 is 4.74 Å². The summed E-state index contributed by atoms with van der Waals surface area (Å²) < 4.78 is 32.6. The molecule has 6 nitrogen and oxygen atoms in total. The van der Waals surface area contributed by atoms with Crippen molar-refractivity contribution in [2.75, 3.05) is 26.2 Å². The Labute approximate surface area is 170 Å². The van der Waals surface area contributed by atoms with E-state index >= 15 is 0 Å². The highest BCUT2D eigenvalue weighted by Crippen LogP contribution is 2.21. The maximum atomic E-state index is 12.7. The summed E-state index contributed by atoms with van der Waals surface area (Å²) in [5.41, 5.74) is 1.05. The first-order valence-electron chi connectivity index (χ1n) is 9.05. The molecule has 8 heteroatoms. The van der Waals surface area contributed by atoms with Crippen molar-refractivity contribution >= 4 is 27.5 Å². The molecule has 0 aliphatic carbocycles. The van der Waals surface area contributed by atoms with E-state index in [9.17, 15) is 13.2 Å². The van der Waals surface area contributed by atoms with E-state index in [0.29, 0.717) is 23.9 Å². The molecule has 0 radical (unpaired) electrons. The zero-order valence-electron chi connectivity index (χ0n) is 15.8. The summed E-state index contributed by atoms with van der Waals surface area (Å²) in [6.45, 7) is 4.81. The van der Waals surface area contributed by atoms with Gasteiger partial charge in [0.05, 0.1) is 4.90 Å². The maximum absolute atomic E-state index is 12.7. The van der Waals surface area contributed by atoms with Crippen LogP contribution in [0.1, 0.15) is 12.5 Å². The zero-order valence-corrected chi connectivity index (χ0v) is 17.4. The minimum Gasteiger partial charge on any atom is -0.481 e. The number of benzene rings is 2. The van der Waals surface area contributed by atoms with Crippen LogP contribution in [-0.4, -0.2) is 55.8 Å². The molecule has 150 valence electrons. The number of rotatable bonds is 5. The standard InChI is InChI=1S/C20H23ClN2O4S/c1-15-4-3-5-18(14-15)27-16(2)20(24)22-10-12-23(13-11-22)28(25,26)19-8-6-17(21)7-9-19/h3-9,14,16H,10-13H2,1-2H3/t16-/m0/s1. The van der Waals surface area contributed by atoms with Crippen LogP contribution in [0.4, 0.5) is 0 Å². The van der Waals surface area contributed by atoms with Crippen molar-refractivity contribution in [2.45, 2.75) is 24.8 Å². The van der Waals surface area contributed by atoms with Crippen LogP contribution in [0.2, 0.25) is 5.02 Å². The second-order valence-electron chi connectivity index (χ2n) is 6.76. The van der Waals surface area contributed by atoms with Crippen molar-refractivity contribution < 1.29 is 17.9 Å². The first kappa shape index (κ1) is 20.6. The first-order chi connectivity index (χ1) is 13.3. The number of ether oxygens (including phenoxy) is 1. The second-order valence-corrected chi connectivity index (χ2v) is 9.13. The molecule has 0 aromatic heterocycles. The first-order valence-corrected chi connectivity index (χ1v) is 10.9. The van der Waals surface area contributed by atoms with Gasteiger partial charge in [-0.05, 0) is 55.8 Å². The van der Waals surface area contributed by atoms with Crippen molar-refractivity contribution in [1.29, 1.82) is 0 Å². The number of sulfonamides is 1. The van der Waals surface area contributed by atoms with Crippen molar-refractivity contribution in [3.05, 3.63) is 59.1 Å². The second kappa shape index (κ2) is 8.51. The fraction of sp³-hybridized carbons (Fsp3) is 0.350. The average Bonchev–Trinajstić information content (AvgIpc) is 2.68. The third-order valence-electron chi connectivity index (χ3n) is 4.65. The molecule has 1 heterocycles. The molecule has 1 atom stereocenters. The van der Waals surface area contributed by atoms with E-state index in [1.807, 2.05) is 31.2 Å². The predicted octanol–water partition coefficient (Wildman–Crippen LogP) is 2.95. The van der Waals surface area contributed by atoms with Gasteiger partial charge in [0, 0.05) is 31.2 Å². The van der Waals surface area contributed by atoms with Gasteiger partial charge in [-0.25, -0.2) is 8.42 Å². The average molecular weight is 423 g/mol. The minimum absolute atomic E-state index is 0.148. The third kappa shape index (κ3) is 4.66. The van der Waals surface area contributed by atoms with E-state index < -0.39 is 16.1 Å². The fourth-order valence-electron chi connectivity index (χ4n) is 3.10. The molecule has 0 bridgehead atoms. The zero-order chi connectivity index (χ0) is 20.3. The Morgan fingerprint density at radius 2 is 1.71 bits per heavy atom. The normalized spacial score (nSPS) is 16.6. The van der Waals surface area contributed by atoms with Gasteiger partial charge in [-0.2, -0.15) is 4.31 Å². The van der Waals surface area contributed by atoms with E-state index in [4.69, 9.17) is 16.3 Å². The molecule has 1 amide bonds. The van der Waals surface area contributed by atoms with Crippen molar-refractivity contribution in [3.63, 3.8) is 0 Å². The molecule has 0 saturated carbocycles. The molecule has 3 rings (SSSR count). The Hall–Kier alpha value is -2.09. The fourth-order valence-corrected chi connectivity index (χ4v) is 4.65. The lowest BCUT2D eigenvalue weighted by molar-refractivity contribution is -0.139. The Balaban J connectivity index is 1.59. The summed E-state index contributed by atoms with van der Waals surface area (Å²) in [5.74, 6) is 0.495. The number of halogens is 1. The third-order valence-corrected chi connectivity index (χ3v) is 6.82. The lowest BCUT2D eigenvalue weighted by atomic mass is 10.2. The summed E-state index contributed by atoms with van der Waals surface area (Å²) in [7, 11) is -3.60. The van der Waals surface area contributed by atoms with Crippen LogP contribution in [0.3, 0.4) is 0 Å². The quantitative estimate of drug-likeness (QED) is 0.743. The summed E-state index contributed by atoms with van der Waals surface area (Å²) in [6, 6.07) is 13.6. The van der Waals surface area contributed by atoms with Crippen LogP contribution in [0.25, 0.3) is 0 Å². The molecular formula is C20H23ClN2O4S. The number of carbonyl (C=O) groups excluding carboxylic acids is 1. The SMILES string of the molecule is Cc1cccc(O[C@@H](C)C(=O)N2CCN(S(=O)(=O)c3ccc(Cl)cc3)CC2)c1. The highest BCUT2D eigenvalue weighted by molar-refractivity contribution is 7.89. The number of nitrogens with zero attached hydrogens (tertiary/aromatic N) is 2. The number of piperazine rings is 1. The summed E-state index contributed by atoms with van der Waals surface area (Å²) in [4.78, 5) is 14.5. The van der Waals surface area contributed by atoms with E-state index in [1.165, 1.54) is 16.4 Å². The number of amides is 1. The topological polar surface area (TPSA) is 66.9 Å². The molecule has 28 heavy (non-hydrogen) atoms. The maximum Gasteiger partial charge on any atom is 0.263 e. The Morgan fingerprint density at radius 1 is 1.07 bits per heavy atom. The van der Waals surface area contributed by atoms with Crippen molar-refractivity contribution in [3.8, 4) is 5.75 Å². The van der Waals surface area contributed by atoms with Crippen molar-refractivity contribution in [1.82, 2.24) is 9.21 Å².